The van der Waals surface area contributed by atoms with Gasteiger partial charge in [0.1, 0.15) is 5.75 Å². The molecule has 0 aromatic heterocycles. The molecular formula is C29H35N3O2. The number of hydrogen-bond donors (Lipinski definition) is 2. The summed E-state index contributed by atoms with van der Waals surface area (Å²) >= 11 is 0. The van der Waals surface area contributed by atoms with Gasteiger partial charge in [0.25, 0.3) is 5.91 Å². The second-order valence-electron chi connectivity index (χ2n) is 9.30. The number of hydrogen-bond acceptors (Lipinski definition) is 4. The standard InChI is InChI=1S/C29H35N3O2/c1-20(2)32-15-13-23(14-16-32)27-18-26(11-12-28(27)34-3)31-29(33)24-9-7-22(8-10-24)25-6-4-5-21(17-25)19-30/h4-12,17-18,20,23H,13-16,19,30H2,1-3H3,(H,31,33). The molecule has 5 heteroatoms. The first-order valence-electron chi connectivity index (χ1n) is 12.1. The number of methoxy groups -OCH3 is 1. The van der Waals surface area contributed by atoms with Gasteiger partial charge in [0, 0.05) is 23.8 Å². The molecule has 3 aromatic rings. The Kier molecular flexibility index (Phi) is 7.66. The Morgan fingerprint density at radius 2 is 1.76 bits per heavy atom. The van der Waals surface area contributed by atoms with Crippen LogP contribution in [0.4, 0.5) is 5.69 Å². The minimum absolute atomic E-state index is 0.118. The molecule has 1 aliphatic heterocycles. The lowest BCUT2D eigenvalue weighted by Gasteiger charge is -2.35. The van der Waals surface area contributed by atoms with Crippen molar-refractivity contribution in [3.63, 3.8) is 0 Å². The van der Waals surface area contributed by atoms with Crippen LogP contribution in [0.3, 0.4) is 0 Å². The second kappa shape index (κ2) is 10.9. The smallest absolute Gasteiger partial charge is 0.255 e. The van der Waals surface area contributed by atoms with Gasteiger partial charge in [-0.25, -0.2) is 0 Å². The molecule has 0 atom stereocenters. The minimum atomic E-state index is -0.118. The molecule has 1 aliphatic rings. The fourth-order valence-corrected chi connectivity index (χ4v) is 4.75. The lowest BCUT2D eigenvalue weighted by molar-refractivity contribution is 0.102. The summed E-state index contributed by atoms with van der Waals surface area (Å²) < 4.78 is 5.66. The Morgan fingerprint density at radius 1 is 1.03 bits per heavy atom. The van der Waals surface area contributed by atoms with Gasteiger partial charge in [-0.15, -0.1) is 0 Å². The molecule has 34 heavy (non-hydrogen) atoms. The van der Waals surface area contributed by atoms with Crippen molar-refractivity contribution in [2.45, 2.75) is 45.2 Å². The predicted molar refractivity (Wildman–Crippen MR) is 139 cm³/mol. The van der Waals surface area contributed by atoms with E-state index in [1.807, 2.05) is 48.5 Å². The molecule has 1 fully saturated rings. The quantitative estimate of drug-likeness (QED) is 0.480. The summed E-state index contributed by atoms with van der Waals surface area (Å²) in [5.74, 6) is 1.21. The van der Waals surface area contributed by atoms with Crippen LogP contribution in [0.15, 0.2) is 66.7 Å². The van der Waals surface area contributed by atoms with Crippen molar-refractivity contribution >= 4 is 11.6 Å². The van der Waals surface area contributed by atoms with Gasteiger partial charge in [-0.1, -0.05) is 30.3 Å². The van der Waals surface area contributed by atoms with Crippen LogP contribution in [0.5, 0.6) is 5.75 Å². The fraction of sp³-hybridized carbons (Fsp3) is 0.345. The average molecular weight is 458 g/mol. The predicted octanol–water partition coefficient (Wildman–Crippen LogP) is 5.66. The number of likely N-dealkylation sites (tertiary alicyclic amines) is 1. The highest BCUT2D eigenvalue weighted by atomic mass is 16.5. The van der Waals surface area contributed by atoms with Crippen LogP contribution in [0.1, 0.15) is 54.1 Å². The van der Waals surface area contributed by atoms with Crippen LogP contribution in [0.25, 0.3) is 11.1 Å². The van der Waals surface area contributed by atoms with E-state index in [2.05, 4.69) is 42.3 Å². The number of anilines is 1. The van der Waals surface area contributed by atoms with E-state index in [4.69, 9.17) is 10.5 Å². The zero-order valence-electron chi connectivity index (χ0n) is 20.4. The van der Waals surface area contributed by atoms with Crippen LogP contribution < -0.4 is 15.8 Å². The van der Waals surface area contributed by atoms with E-state index in [-0.39, 0.29) is 5.91 Å². The Hall–Kier alpha value is -3.15. The van der Waals surface area contributed by atoms with Gasteiger partial charge >= 0.3 is 0 Å². The van der Waals surface area contributed by atoms with Crippen LogP contribution in [-0.4, -0.2) is 37.0 Å². The maximum Gasteiger partial charge on any atom is 0.255 e. The van der Waals surface area contributed by atoms with Gasteiger partial charge in [0.15, 0.2) is 0 Å². The van der Waals surface area contributed by atoms with E-state index in [9.17, 15) is 4.79 Å². The van der Waals surface area contributed by atoms with Crippen LogP contribution in [0, 0.1) is 0 Å². The lowest BCUT2D eigenvalue weighted by Crippen LogP contribution is -2.37. The van der Waals surface area contributed by atoms with E-state index >= 15 is 0 Å². The summed E-state index contributed by atoms with van der Waals surface area (Å²) in [6, 6.07) is 22.4. The normalized spacial score (nSPS) is 14.9. The number of carbonyl (C=O) groups is 1. The largest absolute Gasteiger partial charge is 0.496 e. The SMILES string of the molecule is COc1ccc(NC(=O)c2ccc(-c3cccc(CN)c3)cc2)cc1C1CCN(C(C)C)CC1. The van der Waals surface area contributed by atoms with Crippen molar-refractivity contribution in [1.82, 2.24) is 4.90 Å². The highest BCUT2D eigenvalue weighted by molar-refractivity contribution is 6.04. The first kappa shape index (κ1) is 24.0. The van der Waals surface area contributed by atoms with Gasteiger partial charge < -0.3 is 20.7 Å². The first-order valence-corrected chi connectivity index (χ1v) is 12.1. The number of amides is 1. The van der Waals surface area contributed by atoms with E-state index < -0.39 is 0 Å². The molecule has 1 saturated heterocycles. The summed E-state index contributed by atoms with van der Waals surface area (Å²) in [6.07, 6.45) is 2.19. The topological polar surface area (TPSA) is 67.6 Å². The summed E-state index contributed by atoms with van der Waals surface area (Å²) in [7, 11) is 1.71. The third kappa shape index (κ3) is 5.49. The number of nitrogens with two attached hydrogens (primary N) is 1. The molecule has 0 saturated carbocycles. The van der Waals surface area contributed by atoms with Gasteiger partial charge in [-0.05, 0) is 104 Å². The Labute approximate surface area is 202 Å². The first-order chi connectivity index (χ1) is 16.5. The maximum atomic E-state index is 13.0. The minimum Gasteiger partial charge on any atom is -0.496 e. The van der Waals surface area contributed by atoms with Gasteiger partial charge in [-0.2, -0.15) is 0 Å². The number of nitrogens with zero attached hydrogens (tertiary/aromatic N) is 1. The van der Waals surface area contributed by atoms with E-state index in [0.717, 1.165) is 54.1 Å². The zero-order chi connectivity index (χ0) is 24.1. The highest BCUT2D eigenvalue weighted by Gasteiger charge is 2.24. The second-order valence-corrected chi connectivity index (χ2v) is 9.30. The number of carbonyl (C=O) groups excluding carboxylic acids is 1. The molecule has 0 spiro atoms. The maximum absolute atomic E-state index is 13.0. The summed E-state index contributed by atoms with van der Waals surface area (Å²) in [5.41, 5.74) is 11.6. The summed E-state index contributed by atoms with van der Waals surface area (Å²) in [5, 5.41) is 3.07. The molecule has 1 amide bonds. The van der Waals surface area contributed by atoms with Crippen LogP contribution in [0.2, 0.25) is 0 Å². The van der Waals surface area contributed by atoms with Gasteiger partial charge in [-0.3, -0.25) is 4.79 Å². The van der Waals surface area contributed by atoms with Crippen LogP contribution >= 0.6 is 0 Å². The van der Waals surface area contributed by atoms with E-state index in [1.54, 1.807) is 7.11 Å². The van der Waals surface area contributed by atoms with Gasteiger partial charge in [0.2, 0.25) is 0 Å². The average Bonchev–Trinajstić information content (AvgIpc) is 2.88. The lowest BCUT2D eigenvalue weighted by atomic mass is 9.88. The third-order valence-electron chi connectivity index (χ3n) is 6.83. The molecule has 3 aromatic carbocycles. The monoisotopic (exact) mass is 457 g/mol. The molecule has 0 aliphatic carbocycles. The Bertz CT molecular complexity index is 1120. The van der Waals surface area contributed by atoms with Crippen molar-refractivity contribution in [2.75, 3.05) is 25.5 Å². The van der Waals surface area contributed by atoms with E-state index in [1.165, 1.54) is 5.56 Å². The molecular weight excluding hydrogens is 422 g/mol. The number of piperidine rings is 1. The fourth-order valence-electron chi connectivity index (χ4n) is 4.75. The molecule has 4 rings (SSSR count). The highest BCUT2D eigenvalue weighted by Crippen LogP contribution is 2.36. The Morgan fingerprint density at radius 3 is 2.41 bits per heavy atom. The van der Waals surface area contributed by atoms with Gasteiger partial charge in [0.05, 0.1) is 7.11 Å². The third-order valence-corrected chi connectivity index (χ3v) is 6.83. The number of ether oxygens (including phenoxy) is 1. The molecule has 3 N–H and O–H groups in total. The molecule has 0 unspecified atom stereocenters. The summed E-state index contributed by atoms with van der Waals surface area (Å²) in [6.45, 7) is 7.18. The van der Waals surface area contributed by atoms with Crippen molar-refractivity contribution in [1.29, 1.82) is 0 Å². The zero-order valence-corrected chi connectivity index (χ0v) is 20.4. The van der Waals surface area contributed by atoms with E-state index in [0.29, 0.717) is 24.1 Å². The Balaban J connectivity index is 1.47. The molecule has 0 bridgehead atoms. The molecule has 178 valence electrons. The molecule has 5 nitrogen and oxygen atoms in total. The number of benzene rings is 3. The van der Waals surface area contributed by atoms with Crippen LogP contribution in [-0.2, 0) is 6.54 Å². The summed E-state index contributed by atoms with van der Waals surface area (Å²) in [4.78, 5) is 15.5. The number of nitrogens with one attached hydrogen (secondary N) is 1. The van der Waals surface area contributed by atoms with Crippen molar-refractivity contribution in [3.8, 4) is 16.9 Å². The number of rotatable bonds is 7. The molecule has 1 heterocycles. The molecule has 0 radical (unpaired) electrons. The van der Waals surface area contributed by atoms with Crippen molar-refractivity contribution in [3.05, 3.63) is 83.4 Å². The van der Waals surface area contributed by atoms with Crippen molar-refractivity contribution < 1.29 is 9.53 Å². The van der Waals surface area contributed by atoms with Crippen molar-refractivity contribution in [2.24, 2.45) is 5.73 Å².